The molecule has 0 aliphatic rings. The average molecular weight is 1050 g/mol. The molecular formula is C70H116O6. The van der Waals surface area contributed by atoms with Crippen LogP contribution in [0.1, 0.15) is 284 Å². The van der Waals surface area contributed by atoms with Crippen LogP contribution < -0.4 is 0 Å². The summed E-state index contributed by atoms with van der Waals surface area (Å²) in [6, 6.07) is 0. The summed E-state index contributed by atoms with van der Waals surface area (Å²) in [6.45, 7) is 6.39. The van der Waals surface area contributed by atoms with Crippen LogP contribution in [0.3, 0.4) is 0 Å². The molecule has 0 aliphatic carbocycles. The molecule has 0 saturated carbocycles. The summed E-state index contributed by atoms with van der Waals surface area (Å²) in [6.07, 6.45) is 87.9. The van der Waals surface area contributed by atoms with Gasteiger partial charge in [0.15, 0.2) is 6.10 Å². The van der Waals surface area contributed by atoms with Gasteiger partial charge in [0.1, 0.15) is 13.2 Å². The monoisotopic (exact) mass is 1050 g/mol. The van der Waals surface area contributed by atoms with Gasteiger partial charge < -0.3 is 14.2 Å². The summed E-state index contributed by atoms with van der Waals surface area (Å²) in [5.41, 5.74) is 0. The van der Waals surface area contributed by atoms with Crippen molar-refractivity contribution >= 4 is 17.9 Å². The van der Waals surface area contributed by atoms with Crippen LogP contribution in [0.15, 0.2) is 122 Å². The number of allylic oxidation sites excluding steroid dienone is 20. The van der Waals surface area contributed by atoms with Crippen LogP contribution in [0.25, 0.3) is 0 Å². The van der Waals surface area contributed by atoms with Crippen LogP contribution in [-0.2, 0) is 28.6 Å². The largest absolute Gasteiger partial charge is 0.462 e. The molecule has 0 aromatic carbocycles. The highest BCUT2D eigenvalue weighted by Crippen LogP contribution is 2.16. The van der Waals surface area contributed by atoms with Crippen molar-refractivity contribution in [3.63, 3.8) is 0 Å². The van der Waals surface area contributed by atoms with Crippen LogP contribution in [0.5, 0.6) is 0 Å². The molecule has 0 aromatic heterocycles. The van der Waals surface area contributed by atoms with Crippen molar-refractivity contribution in [3.05, 3.63) is 122 Å². The predicted molar refractivity (Wildman–Crippen MR) is 330 cm³/mol. The lowest BCUT2D eigenvalue weighted by molar-refractivity contribution is -0.167. The van der Waals surface area contributed by atoms with Gasteiger partial charge in [-0.2, -0.15) is 0 Å². The fourth-order valence-corrected chi connectivity index (χ4v) is 8.56. The quantitative estimate of drug-likeness (QED) is 0.0261. The summed E-state index contributed by atoms with van der Waals surface area (Å²) in [5, 5.41) is 0. The Bertz CT molecular complexity index is 1590. The van der Waals surface area contributed by atoms with Gasteiger partial charge in [-0.25, -0.2) is 0 Å². The molecule has 0 heterocycles. The van der Waals surface area contributed by atoms with E-state index in [1.807, 2.05) is 0 Å². The van der Waals surface area contributed by atoms with Crippen molar-refractivity contribution in [1.82, 2.24) is 0 Å². The van der Waals surface area contributed by atoms with Crippen LogP contribution in [-0.4, -0.2) is 37.2 Å². The molecule has 0 amide bonds. The first kappa shape index (κ1) is 71.8. The molecule has 76 heavy (non-hydrogen) atoms. The van der Waals surface area contributed by atoms with E-state index in [-0.39, 0.29) is 31.1 Å². The zero-order valence-electron chi connectivity index (χ0n) is 49.5. The van der Waals surface area contributed by atoms with E-state index in [9.17, 15) is 14.4 Å². The Hall–Kier alpha value is -4.19. The third-order valence-corrected chi connectivity index (χ3v) is 13.2. The fourth-order valence-electron chi connectivity index (χ4n) is 8.56. The third kappa shape index (κ3) is 60.7. The van der Waals surface area contributed by atoms with E-state index in [2.05, 4.69) is 142 Å². The summed E-state index contributed by atoms with van der Waals surface area (Å²) < 4.78 is 16.8. The van der Waals surface area contributed by atoms with Gasteiger partial charge in [0.2, 0.25) is 0 Å². The van der Waals surface area contributed by atoms with Crippen molar-refractivity contribution in [2.45, 2.75) is 290 Å². The molecule has 0 saturated heterocycles. The molecule has 1 atom stereocenters. The topological polar surface area (TPSA) is 78.9 Å². The predicted octanol–water partition coefficient (Wildman–Crippen LogP) is 21.6. The number of unbranched alkanes of at least 4 members (excludes halogenated alkanes) is 25. The Kier molecular flexibility index (Phi) is 59.9. The van der Waals surface area contributed by atoms with Gasteiger partial charge in [-0.1, -0.05) is 277 Å². The number of rotatable bonds is 56. The van der Waals surface area contributed by atoms with Crippen LogP contribution in [0.4, 0.5) is 0 Å². The molecule has 432 valence electrons. The smallest absolute Gasteiger partial charge is 0.306 e. The number of esters is 3. The first-order valence-electron chi connectivity index (χ1n) is 31.5. The van der Waals surface area contributed by atoms with Gasteiger partial charge in [0.05, 0.1) is 0 Å². The van der Waals surface area contributed by atoms with E-state index >= 15 is 0 Å². The summed E-state index contributed by atoms with van der Waals surface area (Å²) >= 11 is 0. The minimum atomic E-state index is -0.794. The van der Waals surface area contributed by atoms with Gasteiger partial charge in [0, 0.05) is 19.3 Å². The van der Waals surface area contributed by atoms with E-state index in [4.69, 9.17) is 14.2 Å². The molecule has 0 spiro atoms. The van der Waals surface area contributed by atoms with Gasteiger partial charge in [-0.05, 0) is 109 Å². The highest BCUT2D eigenvalue weighted by molar-refractivity contribution is 5.71. The first-order valence-corrected chi connectivity index (χ1v) is 31.5. The Morgan fingerprint density at radius 3 is 0.816 bits per heavy atom. The highest BCUT2D eigenvalue weighted by Gasteiger charge is 2.19. The molecule has 0 aliphatic heterocycles. The second-order valence-corrected chi connectivity index (χ2v) is 20.6. The normalized spacial score (nSPS) is 12.9. The number of carbonyl (C=O) groups is 3. The standard InChI is InChI=1S/C70H116O6/c1-4-7-10-13-16-19-22-25-26-27-28-29-30-31-32-33-34-35-36-37-38-39-40-41-42-43-44-46-48-51-54-57-60-63-69(72)75-66-67(65-74-68(71)62-59-56-53-50-47-24-21-18-15-12-9-6-3)76-70(73)64-61-58-55-52-49-45-23-20-17-14-11-8-5-2/h7-8,10-11,16-17,19-20,25-26,28-29,31-32,34-35,37-38,45,49,67H,4-6,9,12-15,18,21-24,27,30,33,36,39-44,46-48,50-66H2,1-3H3/b10-7-,11-8-,19-16-,20-17-,26-25-,29-28-,32-31-,35-34-,38-37-,49-45-. The fraction of sp³-hybridized carbons (Fsp3) is 0.671. The minimum Gasteiger partial charge on any atom is -0.462 e. The second kappa shape index (κ2) is 63.3. The van der Waals surface area contributed by atoms with Crippen molar-refractivity contribution in [2.75, 3.05) is 13.2 Å². The molecule has 0 rings (SSSR count). The van der Waals surface area contributed by atoms with Gasteiger partial charge in [0.25, 0.3) is 0 Å². The Balaban J connectivity index is 4.20. The maximum atomic E-state index is 12.8. The van der Waals surface area contributed by atoms with Crippen molar-refractivity contribution in [2.24, 2.45) is 0 Å². The summed E-state index contributed by atoms with van der Waals surface area (Å²) in [5.74, 6) is -0.919. The van der Waals surface area contributed by atoms with Crippen LogP contribution in [0, 0.1) is 0 Å². The van der Waals surface area contributed by atoms with E-state index in [1.165, 1.54) is 116 Å². The minimum absolute atomic E-state index is 0.0894. The molecule has 0 radical (unpaired) electrons. The van der Waals surface area contributed by atoms with Crippen molar-refractivity contribution in [1.29, 1.82) is 0 Å². The number of hydrogen-bond acceptors (Lipinski definition) is 6. The van der Waals surface area contributed by atoms with Crippen molar-refractivity contribution < 1.29 is 28.6 Å². The molecule has 1 unspecified atom stereocenters. The average Bonchev–Trinajstić information content (AvgIpc) is 3.42. The van der Waals surface area contributed by atoms with E-state index in [0.29, 0.717) is 19.3 Å². The maximum Gasteiger partial charge on any atom is 0.306 e. The van der Waals surface area contributed by atoms with E-state index in [1.54, 1.807) is 0 Å². The summed E-state index contributed by atoms with van der Waals surface area (Å²) in [4.78, 5) is 38.2. The summed E-state index contributed by atoms with van der Waals surface area (Å²) in [7, 11) is 0. The van der Waals surface area contributed by atoms with Crippen molar-refractivity contribution in [3.8, 4) is 0 Å². The molecule has 0 bridgehead atoms. The van der Waals surface area contributed by atoms with Crippen LogP contribution in [0.2, 0.25) is 0 Å². The zero-order valence-corrected chi connectivity index (χ0v) is 49.5. The Morgan fingerprint density at radius 1 is 0.276 bits per heavy atom. The maximum absolute atomic E-state index is 12.8. The Morgan fingerprint density at radius 2 is 0.513 bits per heavy atom. The molecule has 6 nitrogen and oxygen atoms in total. The lowest BCUT2D eigenvalue weighted by atomic mass is 10.0. The zero-order chi connectivity index (χ0) is 55.0. The first-order chi connectivity index (χ1) is 37.5. The molecule has 0 N–H and O–H groups in total. The van der Waals surface area contributed by atoms with Gasteiger partial charge in [-0.3, -0.25) is 14.4 Å². The van der Waals surface area contributed by atoms with Gasteiger partial charge in [-0.15, -0.1) is 0 Å². The third-order valence-electron chi connectivity index (χ3n) is 13.2. The second-order valence-electron chi connectivity index (χ2n) is 20.6. The lowest BCUT2D eigenvalue weighted by Crippen LogP contribution is -2.30. The lowest BCUT2D eigenvalue weighted by Gasteiger charge is -2.18. The van der Waals surface area contributed by atoms with Gasteiger partial charge >= 0.3 is 17.9 Å². The number of ether oxygens (including phenoxy) is 3. The van der Waals surface area contributed by atoms with Crippen LogP contribution >= 0.6 is 0 Å². The molecule has 6 heteroatoms. The number of hydrogen-bond donors (Lipinski definition) is 0. The SMILES string of the molecule is CC/C=C\C/C=C\C/C=C\C/C=C\C/C=C\C/C=C\C/C=C\CCCCCCCCCCCCCC(=O)OCC(COC(=O)CCCCCCCCCCCCCC)OC(=O)CCCCC/C=C\C/C=C\C/C=C\CC. The van der Waals surface area contributed by atoms with E-state index in [0.717, 1.165) is 128 Å². The number of carbonyl (C=O) groups excluding carboxylic acids is 3. The van der Waals surface area contributed by atoms with E-state index < -0.39 is 6.10 Å². The molecular weight excluding hydrogens is 937 g/mol. The molecule has 0 fully saturated rings. The highest BCUT2D eigenvalue weighted by atomic mass is 16.6. The molecule has 0 aromatic rings. The Labute approximate surface area is 469 Å².